The van der Waals surface area contributed by atoms with E-state index in [0.717, 1.165) is 44.9 Å². The number of aliphatic hydroxyl groups is 1. The number of halogens is 1. The van der Waals surface area contributed by atoms with E-state index in [1.807, 2.05) is 0 Å². The predicted octanol–water partition coefficient (Wildman–Crippen LogP) is 3.29. The zero-order valence-corrected chi connectivity index (χ0v) is 16.6. The summed E-state index contributed by atoms with van der Waals surface area (Å²) in [5.41, 5.74) is 0.440. The number of hydrogen-bond acceptors (Lipinski definition) is 2. The van der Waals surface area contributed by atoms with Crippen LogP contribution in [0, 0.1) is 11.3 Å². The molecule has 0 saturated heterocycles. The van der Waals surface area contributed by atoms with Gasteiger partial charge in [0.15, 0.2) is 5.96 Å². The van der Waals surface area contributed by atoms with Gasteiger partial charge in [-0.05, 0) is 44.4 Å². The lowest BCUT2D eigenvalue weighted by Gasteiger charge is -2.26. The number of guanidine groups is 1. The summed E-state index contributed by atoms with van der Waals surface area (Å²) in [6.07, 6.45) is 9.73. The number of aliphatic imine (C=N–C) groups is 1. The first-order valence-corrected chi connectivity index (χ1v) is 8.89. The van der Waals surface area contributed by atoms with E-state index in [2.05, 4.69) is 24.5 Å². The highest BCUT2D eigenvalue weighted by Gasteiger charge is 2.31. The first-order chi connectivity index (χ1) is 10.2. The van der Waals surface area contributed by atoms with Crippen LogP contribution in [0.2, 0.25) is 0 Å². The molecule has 5 heteroatoms. The second-order valence-corrected chi connectivity index (χ2v) is 6.90. The largest absolute Gasteiger partial charge is 0.393 e. The van der Waals surface area contributed by atoms with Crippen LogP contribution in [0.3, 0.4) is 0 Å². The maximum absolute atomic E-state index is 9.91. The number of aliphatic hydroxyl groups excluding tert-OH is 1. The maximum atomic E-state index is 9.91. The summed E-state index contributed by atoms with van der Waals surface area (Å²) in [4.78, 5) is 4.84. The number of nitrogens with one attached hydrogen (secondary N) is 2. The van der Waals surface area contributed by atoms with Gasteiger partial charge in [0.25, 0.3) is 0 Å². The molecule has 2 saturated carbocycles. The van der Waals surface area contributed by atoms with Crippen molar-refractivity contribution in [3.63, 3.8) is 0 Å². The molecule has 130 valence electrons. The van der Waals surface area contributed by atoms with E-state index in [0.29, 0.717) is 11.3 Å². The van der Waals surface area contributed by atoms with Crippen LogP contribution in [0.15, 0.2) is 4.99 Å². The predicted molar refractivity (Wildman–Crippen MR) is 104 cm³/mol. The lowest BCUT2D eigenvalue weighted by atomic mass is 9.84. The lowest BCUT2D eigenvalue weighted by Crippen LogP contribution is -2.41. The van der Waals surface area contributed by atoms with Gasteiger partial charge in [0.05, 0.1) is 6.10 Å². The van der Waals surface area contributed by atoms with Gasteiger partial charge in [-0.15, -0.1) is 24.0 Å². The minimum absolute atomic E-state index is 0. The van der Waals surface area contributed by atoms with E-state index in [4.69, 9.17) is 4.99 Å². The number of hydrogen-bond donors (Lipinski definition) is 3. The topological polar surface area (TPSA) is 56.7 Å². The zero-order valence-electron chi connectivity index (χ0n) is 14.2. The maximum Gasteiger partial charge on any atom is 0.191 e. The Morgan fingerprint density at radius 2 is 1.86 bits per heavy atom. The van der Waals surface area contributed by atoms with Gasteiger partial charge in [0, 0.05) is 25.6 Å². The fourth-order valence-electron chi connectivity index (χ4n) is 3.82. The summed E-state index contributed by atoms with van der Waals surface area (Å²) >= 11 is 0. The molecular formula is C17H34IN3O. The fraction of sp³-hybridized carbons (Fsp3) is 0.941. The average molecular weight is 423 g/mol. The van der Waals surface area contributed by atoms with Gasteiger partial charge < -0.3 is 15.7 Å². The molecule has 2 rings (SSSR count). The van der Waals surface area contributed by atoms with Crippen molar-refractivity contribution in [1.29, 1.82) is 0 Å². The van der Waals surface area contributed by atoms with Gasteiger partial charge in [0.2, 0.25) is 0 Å². The van der Waals surface area contributed by atoms with Gasteiger partial charge in [-0.1, -0.05) is 26.2 Å². The quantitative estimate of drug-likeness (QED) is 0.349. The van der Waals surface area contributed by atoms with Gasteiger partial charge in [0.1, 0.15) is 0 Å². The van der Waals surface area contributed by atoms with Crippen LogP contribution in [0.5, 0.6) is 0 Å². The molecule has 0 amide bonds. The average Bonchev–Trinajstić information content (AvgIpc) is 3.12. The van der Waals surface area contributed by atoms with E-state index in [1.165, 1.54) is 32.1 Å². The van der Waals surface area contributed by atoms with E-state index in [1.54, 1.807) is 0 Å². The van der Waals surface area contributed by atoms with Crippen LogP contribution in [-0.2, 0) is 0 Å². The Balaban J connectivity index is 0.00000242. The zero-order chi connectivity index (χ0) is 15.1. The Bertz CT molecular complexity index is 343. The Hall–Kier alpha value is -0.0400. The summed E-state index contributed by atoms with van der Waals surface area (Å²) in [6, 6.07) is 0. The third-order valence-corrected chi connectivity index (χ3v) is 5.48. The second-order valence-electron chi connectivity index (χ2n) is 6.90. The molecule has 4 nitrogen and oxygen atoms in total. The van der Waals surface area contributed by atoms with Crippen molar-refractivity contribution in [3.05, 3.63) is 0 Å². The van der Waals surface area contributed by atoms with Crippen molar-refractivity contribution in [2.45, 2.75) is 71.3 Å². The highest BCUT2D eigenvalue weighted by molar-refractivity contribution is 14.0. The monoisotopic (exact) mass is 423 g/mol. The molecule has 0 bridgehead atoms. The van der Waals surface area contributed by atoms with Crippen molar-refractivity contribution in [2.75, 3.05) is 19.6 Å². The third-order valence-electron chi connectivity index (χ3n) is 5.48. The molecule has 2 aliphatic rings. The summed E-state index contributed by atoms with van der Waals surface area (Å²) in [6.45, 7) is 7.07. The van der Waals surface area contributed by atoms with Crippen molar-refractivity contribution in [2.24, 2.45) is 16.3 Å². The van der Waals surface area contributed by atoms with Crippen LogP contribution >= 0.6 is 24.0 Å². The SMILES string of the molecule is CCNC(=NCC1(CC)CCCC1)NCC1CCCC1O.I. The van der Waals surface area contributed by atoms with Crippen LogP contribution in [-0.4, -0.2) is 36.8 Å². The number of nitrogens with zero attached hydrogens (tertiary/aromatic N) is 1. The molecule has 0 aromatic carbocycles. The minimum Gasteiger partial charge on any atom is -0.393 e. The summed E-state index contributed by atoms with van der Waals surface area (Å²) in [5, 5.41) is 16.7. The molecule has 0 aromatic rings. The smallest absolute Gasteiger partial charge is 0.191 e. The highest BCUT2D eigenvalue weighted by Crippen LogP contribution is 2.41. The first-order valence-electron chi connectivity index (χ1n) is 8.89. The highest BCUT2D eigenvalue weighted by atomic mass is 127. The molecule has 2 aliphatic carbocycles. The van der Waals surface area contributed by atoms with Crippen LogP contribution in [0.25, 0.3) is 0 Å². The molecule has 0 radical (unpaired) electrons. The van der Waals surface area contributed by atoms with Crippen LogP contribution in [0.4, 0.5) is 0 Å². The van der Waals surface area contributed by atoms with Gasteiger partial charge in [-0.25, -0.2) is 0 Å². The molecule has 0 spiro atoms. The minimum atomic E-state index is -0.128. The Morgan fingerprint density at radius 3 is 2.41 bits per heavy atom. The van der Waals surface area contributed by atoms with Crippen molar-refractivity contribution in [3.8, 4) is 0 Å². The Labute approximate surface area is 152 Å². The molecule has 3 N–H and O–H groups in total. The molecule has 0 aromatic heterocycles. The van der Waals surface area contributed by atoms with Crippen LogP contribution in [0.1, 0.15) is 65.2 Å². The standard InChI is InChI=1S/C17H33N3O.HI/c1-3-17(10-5-6-11-17)13-20-16(18-4-2)19-12-14-8-7-9-15(14)21;/h14-15,21H,3-13H2,1-2H3,(H2,18,19,20);1H. The van der Waals surface area contributed by atoms with Crippen molar-refractivity contribution < 1.29 is 5.11 Å². The van der Waals surface area contributed by atoms with E-state index in [-0.39, 0.29) is 30.1 Å². The first kappa shape index (κ1) is 20.0. The van der Waals surface area contributed by atoms with E-state index in [9.17, 15) is 5.11 Å². The molecule has 0 aliphatic heterocycles. The third kappa shape index (κ3) is 5.55. The van der Waals surface area contributed by atoms with E-state index < -0.39 is 0 Å². The van der Waals surface area contributed by atoms with Gasteiger partial charge in [-0.3, -0.25) is 4.99 Å². The summed E-state index contributed by atoms with van der Waals surface area (Å²) < 4.78 is 0. The van der Waals surface area contributed by atoms with Gasteiger partial charge >= 0.3 is 0 Å². The molecule has 22 heavy (non-hydrogen) atoms. The normalized spacial score (nSPS) is 27.5. The molecular weight excluding hydrogens is 389 g/mol. The van der Waals surface area contributed by atoms with Crippen molar-refractivity contribution in [1.82, 2.24) is 10.6 Å². The Kier molecular flexibility index (Phi) is 9.05. The summed E-state index contributed by atoms with van der Waals surface area (Å²) in [5.74, 6) is 1.32. The second kappa shape index (κ2) is 9.96. The lowest BCUT2D eigenvalue weighted by molar-refractivity contribution is 0.134. The fourth-order valence-corrected chi connectivity index (χ4v) is 3.82. The molecule has 2 fully saturated rings. The van der Waals surface area contributed by atoms with Crippen LogP contribution < -0.4 is 10.6 Å². The number of rotatable bonds is 6. The summed E-state index contributed by atoms with van der Waals surface area (Å²) in [7, 11) is 0. The van der Waals surface area contributed by atoms with Crippen molar-refractivity contribution >= 4 is 29.9 Å². The molecule has 2 unspecified atom stereocenters. The van der Waals surface area contributed by atoms with E-state index >= 15 is 0 Å². The molecule has 2 atom stereocenters. The van der Waals surface area contributed by atoms with Gasteiger partial charge in [-0.2, -0.15) is 0 Å². The molecule has 0 heterocycles. The Morgan fingerprint density at radius 1 is 1.14 bits per heavy atom.